The van der Waals surface area contributed by atoms with Gasteiger partial charge in [-0.1, -0.05) is 38.3 Å². The summed E-state index contributed by atoms with van der Waals surface area (Å²) in [6.45, 7) is 2.56. The molecule has 0 bridgehead atoms. The molecule has 2 aliphatic rings. The lowest BCUT2D eigenvalue weighted by Gasteiger charge is -2.27. The highest BCUT2D eigenvalue weighted by Gasteiger charge is 2.24. The number of esters is 1. The van der Waals surface area contributed by atoms with Crippen LogP contribution in [0.4, 0.5) is 17.5 Å². The SMILES string of the molecule is CCCCOC(=O)Cc1ccc(Nc2nc(NC3CCC(N)CC3)nc3c2ncn3C2CCCC2)cc1.Cl.Cl. The summed E-state index contributed by atoms with van der Waals surface area (Å²) in [7, 11) is 0. The summed E-state index contributed by atoms with van der Waals surface area (Å²) < 4.78 is 7.52. The van der Waals surface area contributed by atoms with Gasteiger partial charge in [0.25, 0.3) is 0 Å². The number of aromatic nitrogens is 4. The quantitative estimate of drug-likeness (QED) is 0.195. The molecule has 2 aromatic heterocycles. The van der Waals surface area contributed by atoms with Gasteiger partial charge in [0.1, 0.15) is 0 Å². The standard InChI is InChI=1S/C28H39N7O2.2ClH/c1-2-3-16-37-24(36)17-19-8-12-21(13-9-19)31-26-25-27(35(18-30-25)23-6-4-5-7-23)34-28(33-26)32-22-14-10-20(29)11-15-22;;/h8-9,12-13,18,20,22-23H,2-7,10-11,14-17,29H2,1H3,(H2,31,32,33,34);2*1H. The second kappa shape index (κ2) is 14.7. The van der Waals surface area contributed by atoms with Gasteiger partial charge in [-0.05, 0) is 62.6 Å². The molecule has 39 heavy (non-hydrogen) atoms. The zero-order valence-electron chi connectivity index (χ0n) is 22.6. The van der Waals surface area contributed by atoms with E-state index in [1.165, 1.54) is 12.8 Å². The maximum atomic E-state index is 12.1. The highest BCUT2D eigenvalue weighted by Crippen LogP contribution is 2.34. The third-order valence-electron chi connectivity index (χ3n) is 7.57. The van der Waals surface area contributed by atoms with Gasteiger partial charge in [0.05, 0.1) is 19.4 Å². The molecule has 214 valence electrons. The second-order valence-corrected chi connectivity index (χ2v) is 10.5. The van der Waals surface area contributed by atoms with Crippen molar-refractivity contribution >= 4 is 59.4 Å². The minimum absolute atomic E-state index is 0. The highest BCUT2D eigenvalue weighted by atomic mass is 35.5. The molecular formula is C28H41Cl2N7O2. The summed E-state index contributed by atoms with van der Waals surface area (Å²) in [6, 6.07) is 8.88. The monoisotopic (exact) mass is 577 g/mol. The third-order valence-corrected chi connectivity index (χ3v) is 7.57. The van der Waals surface area contributed by atoms with Crippen molar-refractivity contribution < 1.29 is 9.53 Å². The third kappa shape index (κ3) is 7.96. The molecule has 5 rings (SSSR count). The number of rotatable bonds is 10. The van der Waals surface area contributed by atoms with Crippen LogP contribution in [-0.4, -0.2) is 44.2 Å². The Morgan fingerprint density at radius 3 is 2.46 bits per heavy atom. The second-order valence-electron chi connectivity index (χ2n) is 10.5. The number of hydrogen-bond donors (Lipinski definition) is 3. The van der Waals surface area contributed by atoms with Crippen molar-refractivity contribution in [1.82, 2.24) is 19.5 Å². The molecule has 2 heterocycles. The molecule has 0 amide bonds. The lowest BCUT2D eigenvalue weighted by molar-refractivity contribution is -0.142. The van der Waals surface area contributed by atoms with Gasteiger partial charge in [-0.3, -0.25) is 4.79 Å². The molecule has 0 atom stereocenters. The number of ether oxygens (including phenoxy) is 1. The molecule has 4 N–H and O–H groups in total. The Morgan fingerprint density at radius 1 is 1.05 bits per heavy atom. The Balaban J connectivity index is 0.00000210. The van der Waals surface area contributed by atoms with Gasteiger partial charge >= 0.3 is 5.97 Å². The predicted molar refractivity (Wildman–Crippen MR) is 160 cm³/mol. The van der Waals surface area contributed by atoms with Crippen LogP contribution in [0.15, 0.2) is 30.6 Å². The zero-order chi connectivity index (χ0) is 25.6. The Morgan fingerprint density at radius 2 is 1.77 bits per heavy atom. The summed E-state index contributed by atoms with van der Waals surface area (Å²) in [5, 5.41) is 7.02. The minimum atomic E-state index is -0.191. The van der Waals surface area contributed by atoms with Gasteiger partial charge in [-0.2, -0.15) is 9.97 Å². The number of imidazole rings is 1. The molecule has 3 aromatic rings. The molecule has 0 aliphatic heterocycles. The van der Waals surface area contributed by atoms with Gasteiger partial charge in [0.15, 0.2) is 17.0 Å². The van der Waals surface area contributed by atoms with E-state index in [1.54, 1.807) is 0 Å². The molecule has 2 fully saturated rings. The van der Waals surface area contributed by atoms with Crippen LogP contribution in [0.1, 0.15) is 82.7 Å². The lowest BCUT2D eigenvalue weighted by Crippen LogP contribution is -2.33. The Hall–Kier alpha value is -2.62. The topological polar surface area (TPSA) is 120 Å². The van der Waals surface area contributed by atoms with Crippen LogP contribution in [0.5, 0.6) is 0 Å². The molecule has 11 heteroatoms. The maximum absolute atomic E-state index is 12.1. The summed E-state index contributed by atoms with van der Waals surface area (Å²) in [4.78, 5) is 26.6. The van der Waals surface area contributed by atoms with Gasteiger partial charge in [0, 0.05) is 23.8 Å². The largest absolute Gasteiger partial charge is 0.465 e. The van der Waals surface area contributed by atoms with Gasteiger partial charge in [-0.25, -0.2) is 4.98 Å². The minimum Gasteiger partial charge on any atom is -0.465 e. The number of nitrogens with two attached hydrogens (primary N) is 1. The fourth-order valence-corrected chi connectivity index (χ4v) is 5.35. The number of fused-ring (bicyclic) bond motifs is 1. The van der Waals surface area contributed by atoms with Gasteiger partial charge in [-0.15, -0.1) is 24.8 Å². The molecule has 0 spiro atoms. The molecular weight excluding hydrogens is 537 g/mol. The van der Waals surface area contributed by atoms with Crippen molar-refractivity contribution in [2.45, 2.75) is 95.7 Å². The first kappa shape index (κ1) is 30.9. The molecule has 1 aromatic carbocycles. The number of carbonyl (C=O) groups is 1. The average molecular weight is 579 g/mol. The first-order valence-electron chi connectivity index (χ1n) is 13.9. The predicted octanol–water partition coefficient (Wildman–Crippen LogP) is 6.10. The van der Waals surface area contributed by atoms with E-state index in [-0.39, 0.29) is 37.2 Å². The van der Waals surface area contributed by atoms with Crippen LogP contribution < -0.4 is 16.4 Å². The number of halogens is 2. The Bertz CT molecular complexity index is 1190. The fourth-order valence-electron chi connectivity index (χ4n) is 5.35. The summed E-state index contributed by atoms with van der Waals surface area (Å²) in [5.74, 6) is 1.12. The van der Waals surface area contributed by atoms with Gasteiger partial charge in [0.2, 0.25) is 5.95 Å². The van der Waals surface area contributed by atoms with Crippen LogP contribution in [0.25, 0.3) is 11.2 Å². The number of nitrogens with one attached hydrogen (secondary N) is 2. The average Bonchev–Trinajstić information content (AvgIpc) is 3.57. The van der Waals surface area contributed by atoms with E-state index >= 15 is 0 Å². The number of hydrogen-bond acceptors (Lipinski definition) is 8. The highest BCUT2D eigenvalue weighted by molar-refractivity contribution is 5.87. The van der Waals surface area contributed by atoms with E-state index in [9.17, 15) is 4.79 Å². The van der Waals surface area contributed by atoms with E-state index in [0.29, 0.717) is 36.5 Å². The van der Waals surface area contributed by atoms with E-state index in [2.05, 4.69) is 22.1 Å². The molecule has 2 aliphatic carbocycles. The fraction of sp³-hybridized carbons (Fsp3) is 0.571. The normalized spacial score (nSPS) is 19.2. The summed E-state index contributed by atoms with van der Waals surface area (Å²) in [5.41, 5.74) is 9.55. The molecule has 9 nitrogen and oxygen atoms in total. The first-order valence-corrected chi connectivity index (χ1v) is 13.9. The van der Waals surface area contributed by atoms with Crippen molar-refractivity contribution in [3.8, 4) is 0 Å². The smallest absolute Gasteiger partial charge is 0.310 e. The van der Waals surface area contributed by atoms with Crippen molar-refractivity contribution in [3.05, 3.63) is 36.2 Å². The van der Waals surface area contributed by atoms with Crippen molar-refractivity contribution in [1.29, 1.82) is 0 Å². The van der Waals surface area contributed by atoms with Crippen molar-refractivity contribution in [2.24, 2.45) is 5.73 Å². The van der Waals surface area contributed by atoms with Crippen molar-refractivity contribution in [3.63, 3.8) is 0 Å². The number of carbonyl (C=O) groups excluding carboxylic acids is 1. The lowest BCUT2D eigenvalue weighted by atomic mass is 9.92. The van der Waals surface area contributed by atoms with Crippen LogP contribution >= 0.6 is 24.8 Å². The Kier molecular flexibility index (Phi) is 11.6. The number of anilines is 3. The van der Waals surface area contributed by atoms with Gasteiger partial charge < -0.3 is 25.7 Å². The summed E-state index contributed by atoms with van der Waals surface area (Å²) in [6.07, 6.45) is 13.0. The first-order chi connectivity index (χ1) is 18.1. The van der Waals surface area contributed by atoms with Crippen molar-refractivity contribution in [2.75, 3.05) is 17.2 Å². The molecule has 2 saturated carbocycles. The maximum Gasteiger partial charge on any atom is 0.310 e. The summed E-state index contributed by atoms with van der Waals surface area (Å²) >= 11 is 0. The number of nitrogens with zero attached hydrogens (tertiary/aromatic N) is 4. The number of unbranched alkanes of at least 4 members (excludes halogenated alkanes) is 1. The van der Waals surface area contributed by atoms with Crippen LogP contribution in [-0.2, 0) is 16.0 Å². The number of benzene rings is 1. The van der Waals surface area contributed by atoms with Crippen LogP contribution in [0.3, 0.4) is 0 Å². The van der Waals surface area contributed by atoms with E-state index in [4.69, 9.17) is 25.4 Å². The van der Waals surface area contributed by atoms with E-state index in [0.717, 1.165) is 73.8 Å². The molecule has 0 unspecified atom stereocenters. The van der Waals surface area contributed by atoms with Crippen LogP contribution in [0.2, 0.25) is 0 Å². The van der Waals surface area contributed by atoms with Crippen LogP contribution in [0, 0.1) is 0 Å². The van der Waals surface area contributed by atoms with E-state index in [1.807, 2.05) is 30.6 Å². The molecule has 0 saturated heterocycles. The molecule has 0 radical (unpaired) electrons. The van der Waals surface area contributed by atoms with E-state index < -0.39 is 0 Å². The Labute approximate surface area is 242 Å². The zero-order valence-corrected chi connectivity index (χ0v) is 24.2.